The molecule has 5 nitrogen and oxygen atoms in total. The van der Waals surface area contributed by atoms with Gasteiger partial charge in [-0.1, -0.05) is 31.1 Å². The maximum Gasteiger partial charge on any atom is 0.254 e. The minimum Gasteiger partial charge on any atom is -0.382 e. The molecule has 2 aromatic rings. The van der Waals surface area contributed by atoms with Gasteiger partial charge in [-0.2, -0.15) is 14.6 Å². The number of nitrogens with two attached hydrogens (primary N) is 1. The first-order valence-corrected chi connectivity index (χ1v) is 7.20. The molecule has 1 aliphatic carbocycles. The molecule has 3 rings (SSSR count). The Balaban J connectivity index is 1.83. The number of anilines is 1. The van der Waals surface area contributed by atoms with Crippen molar-refractivity contribution in [2.75, 3.05) is 5.73 Å². The zero-order valence-electron chi connectivity index (χ0n) is 11.8. The average Bonchev–Trinajstić information content (AvgIpc) is 2.92. The lowest BCUT2D eigenvalue weighted by Crippen LogP contribution is -2.07. The zero-order chi connectivity index (χ0) is 13.9. The van der Waals surface area contributed by atoms with E-state index in [0.29, 0.717) is 11.6 Å². The molecule has 0 amide bonds. The van der Waals surface area contributed by atoms with Crippen LogP contribution in [0.2, 0.25) is 0 Å². The van der Waals surface area contributed by atoms with E-state index in [1.807, 2.05) is 6.92 Å². The SMILES string of the molecule is Cc1nc2ncnn2c(N)c1C#CCC1CCCCC1. The summed E-state index contributed by atoms with van der Waals surface area (Å²) in [4.78, 5) is 8.42. The van der Waals surface area contributed by atoms with Crippen LogP contribution in [0, 0.1) is 24.7 Å². The van der Waals surface area contributed by atoms with Gasteiger partial charge in [-0.25, -0.2) is 4.98 Å². The van der Waals surface area contributed by atoms with Crippen LogP contribution in [0.3, 0.4) is 0 Å². The zero-order valence-corrected chi connectivity index (χ0v) is 11.8. The molecule has 0 atom stereocenters. The van der Waals surface area contributed by atoms with Crippen molar-refractivity contribution >= 4 is 11.6 Å². The van der Waals surface area contributed by atoms with Crippen LogP contribution in [0.4, 0.5) is 5.82 Å². The van der Waals surface area contributed by atoms with E-state index in [9.17, 15) is 0 Å². The molecule has 2 N–H and O–H groups in total. The standard InChI is InChI=1S/C15H19N5/c1-11-13(9-5-8-12-6-3-2-4-7-12)14(16)20-15(19-11)17-10-18-20/h10,12H,2-4,6-8,16H2,1H3. The first-order chi connectivity index (χ1) is 9.75. The third-order valence-electron chi connectivity index (χ3n) is 3.97. The highest BCUT2D eigenvalue weighted by Gasteiger charge is 2.12. The van der Waals surface area contributed by atoms with Crippen LogP contribution in [0.15, 0.2) is 6.33 Å². The second-order valence-corrected chi connectivity index (χ2v) is 5.44. The van der Waals surface area contributed by atoms with Crippen LogP contribution in [-0.4, -0.2) is 19.6 Å². The fourth-order valence-corrected chi connectivity index (χ4v) is 2.81. The van der Waals surface area contributed by atoms with E-state index in [1.54, 1.807) is 0 Å². The molecule has 0 unspecified atom stereocenters. The predicted octanol–water partition coefficient (Wildman–Crippen LogP) is 2.34. The van der Waals surface area contributed by atoms with E-state index < -0.39 is 0 Å². The molecule has 1 saturated carbocycles. The second-order valence-electron chi connectivity index (χ2n) is 5.44. The van der Waals surface area contributed by atoms with Crippen LogP contribution < -0.4 is 5.73 Å². The lowest BCUT2D eigenvalue weighted by Gasteiger charge is -2.18. The molecule has 20 heavy (non-hydrogen) atoms. The minimum atomic E-state index is 0.526. The van der Waals surface area contributed by atoms with Crippen molar-refractivity contribution in [2.24, 2.45) is 5.92 Å². The molecule has 0 spiro atoms. The Morgan fingerprint density at radius 1 is 1.35 bits per heavy atom. The number of hydrogen-bond acceptors (Lipinski definition) is 4. The summed E-state index contributed by atoms with van der Waals surface area (Å²) in [7, 11) is 0. The summed E-state index contributed by atoms with van der Waals surface area (Å²) in [5.74, 6) is 8.27. The van der Waals surface area contributed by atoms with E-state index in [4.69, 9.17) is 5.73 Å². The molecule has 0 aromatic carbocycles. The topological polar surface area (TPSA) is 69.1 Å². The van der Waals surface area contributed by atoms with Crippen LogP contribution >= 0.6 is 0 Å². The van der Waals surface area contributed by atoms with Gasteiger partial charge in [0.15, 0.2) is 0 Å². The number of hydrogen-bond donors (Lipinski definition) is 1. The quantitative estimate of drug-likeness (QED) is 0.807. The van der Waals surface area contributed by atoms with Gasteiger partial charge in [0.2, 0.25) is 0 Å². The Bertz CT molecular complexity index is 671. The Morgan fingerprint density at radius 2 is 2.15 bits per heavy atom. The van der Waals surface area contributed by atoms with Crippen LogP contribution in [0.5, 0.6) is 0 Å². The summed E-state index contributed by atoms with van der Waals surface area (Å²) in [5, 5.41) is 4.07. The summed E-state index contributed by atoms with van der Waals surface area (Å²) in [6.45, 7) is 1.91. The Morgan fingerprint density at radius 3 is 2.95 bits per heavy atom. The Hall–Kier alpha value is -2.09. The largest absolute Gasteiger partial charge is 0.382 e. The van der Waals surface area contributed by atoms with E-state index in [-0.39, 0.29) is 0 Å². The normalized spacial score (nSPS) is 16.1. The molecule has 0 aliphatic heterocycles. The van der Waals surface area contributed by atoms with E-state index in [1.165, 1.54) is 42.9 Å². The highest BCUT2D eigenvalue weighted by Crippen LogP contribution is 2.25. The van der Waals surface area contributed by atoms with Crippen molar-refractivity contribution in [1.29, 1.82) is 0 Å². The van der Waals surface area contributed by atoms with E-state index >= 15 is 0 Å². The van der Waals surface area contributed by atoms with Gasteiger partial charge >= 0.3 is 0 Å². The fourth-order valence-electron chi connectivity index (χ4n) is 2.81. The smallest absolute Gasteiger partial charge is 0.254 e. The Labute approximate surface area is 118 Å². The van der Waals surface area contributed by atoms with E-state index in [2.05, 4.69) is 26.9 Å². The third kappa shape index (κ3) is 2.46. The van der Waals surface area contributed by atoms with Gasteiger partial charge in [0.25, 0.3) is 5.78 Å². The molecule has 1 fully saturated rings. The van der Waals surface area contributed by atoms with Crippen LogP contribution in [-0.2, 0) is 0 Å². The van der Waals surface area contributed by atoms with Crippen molar-refractivity contribution in [3.05, 3.63) is 17.6 Å². The third-order valence-corrected chi connectivity index (χ3v) is 3.97. The first kappa shape index (κ1) is 12.9. The number of fused-ring (bicyclic) bond motifs is 1. The maximum atomic E-state index is 6.10. The average molecular weight is 269 g/mol. The van der Waals surface area contributed by atoms with Gasteiger partial charge in [0.05, 0.1) is 11.3 Å². The summed E-state index contributed by atoms with van der Waals surface area (Å²) in [5.41, 5.74) is 7.70. The van der Waals surface area contributed by atoms with Crippen molar-refractivity contribution < 1.29 is 0 Å². The summed E-state index contributed by atoms with van der Waals surface area (Å²) >= 11 is 0. The number of nitrogens with zero attached hydrogens (tertiary/aromatic N) is 4. The van der Waals surface area contributed by atoms with Crippen LogP contribution in [0.1, 0.15) is 49.8 Å². The number of aryl methyl sites for hydroxylation is 1. The minimum absolute atomic E-state index is 0.526. The van der Waals surface area contributed by atoms with E-state index in [0.717, 1.165) is 23.6 Å². The molecule has 5 heteroatoms. The molecule has 1 aliphatic rings. The maximum absolute atomic E-state index is 6.10. The van der Waals surface area contributed by atoms with Gasteiger partial charge in [0, 0.05) is 6.42 Å². The number of aromatic nitrogens is 4. The molecule has 0 saturated heterocycles. The predicted molar refractivity (Wildman–Crippen MR) is 78.0 cm³/mol. The summed E-state index contributed by atoms with van der Waals surface area (Å²) in [6.07, 6.45) is 9.10. The lowest BCUT2D eigenvalue weighted by atomic mass is 9.87. The molecular formula is C15H19N5. The van der Waals surface area contributed by atoms with Gasteiger partial charge in [-0.05, 0) is 25.7 Å². The van der Waals surface area contributed by atoms with Gasteiger partial charge in [-0.15, -0.1) is 0 Å². The monoisotopic (exact) mass is 269 g/mol. The first-order valence-electron chi connectivity index (χ1n) is 7.20. The van der Waals surface area contributed by atoms with Crippen molar-refractivity contribution in [3.8, 4) is 11.8 Å². The van der Waals surface area contributed by atoms with Crippen molar-refractivity contribution in [3.63, 3.8) is 0 Å². The van der Waals surface area contributed by atoms with Crippen LogP contribution in [0.25, 0.3) is 5.78 Å². The van der Waals surface area contributed by atoms with Gasteiger partial charge in [-0.3, -0.25) is 0 Å². The van der Waals surface area contributed by atoms with Gasteiger partial charge in [0.1, 0.15) is 12.1 Å². The van der Waals surface area contributed by atoms with Crippen molar-refractivity contribution in [1.82, 2.24) is 19.6 Å². The molecular weight excluding hydrogens is 250 g/mol. The lowest BCUT2D eigenvalue weighted by molar-refractivity contribution is 0.365. The molecule has 0 radical (unpaired) electrons. The molecule has 2 aromatic heterocycles. The molecule has 104 valence electrons. The number of rotatable bonds is 1. The molecule has 0 bridgehead atoms. The highest BCUT2D eigenvalue weighted by molar-refractivity contribution is 5.57. The summed E-state index contributed by atoms with van der Waals surface area (Å²) < 4.78 is 1.54. The highest BCUT2D eigenvalue weighted by atomic mass is 15.3. The Kier molecular flexibility index (Phi) is 3.55. The van der Waals surface area contributed by atoms with Gasteiger partial charge < -0.3 is 5.73 Å². The number of nitrogen functional groups attached to an aromatic ring is 1. The fraction of sp³-hybridized carbons (Fsp3) is 0.533. The summed E-state index contributed by atoms with van der Waals surface area (Å²) in [6, 6.07) is 0. The van der Waals surface area contributed by atoms with Crippen molar-refractivity contribution in [2.45, 2.75) is 45.4 Å². The molecule has 2 heterocycles. The second kappa shape index (κ2) is 5.49.